The molecule has 1 aliphatic carbocycles. The second-order valence-corrected chi connectivity index (χ2v) is 7.69. The van der Waals surface area contributed by atoms with Gasteiger partial charge in [0.25, 0.3) is 0 Å². The SMILES string of the molecule is Oc1ccc(-c2ccc3ccc4ccc(C5CCC(O)CC5)nc4c3n2)cc1. The van der Waals surface area contributed by atoms with Crippen LogP contribution in [0.5, 0.6) is 5.75 Å². The fourth-order valence-electron chi connectivity index (χ4n) is 4.17. The lowest BCUT2D eigenvalue weighted by Gasteiger charge is -2.25. The van der Waals surface area contributed by atoms with Gasteiger partial charge in [0, 0.05) is 27.9 Å². The molecule has 4 aromatic rings. The average Bonchev–Trinajstić information content (AvgIpc) is 2.74. The normalized spacial score (nSPS) is 19.9. The summed E-state index contributed by atoms with van der Waals surface area (Å²) in [6.45, 7) is 0. The van der Waals surface area contributed by atoms with Crippen molar-refractivity contribution in [3.05, 3.63) is 66.4 Å². The van der Waals surface area contributed by atoms with Crippen molar-refractivity contribution in [3.8, 4) is 17.0 Å². The zero-order valence-electron chi connectivity index (χ0n) is 15.5. The molecule has 140 valence electrons. The highest BCUT2D eigenvalue weighted by atomic mass is 16.3. The van der Waals surface area contributed by atoms with E-state index in [0.29, 0.717) is 5.92 Å². The Morgan fingerprint density at radius 3 is 2.00 bits per heavy atom. The van der Waals surface area contributed by atoms with Crippen molar-refractivity contribution >= 4 is 21.8 Å². The van der Waals surface area contributed by atoms with Crippen LogP contribution >= 0.6 is 0 Å². The molecule has 2 N–H and O–H groups in total. The minimum absolute atomic E-state index is 0.160. The topological polar surface area (TPSA) is 66.2 Å². The van der Waals surface area contributed by atoms with Crippen LogP contribution in [0.25, 0.3) is 33.1 Å². The van der Waals surface area contributed by atoms with E-state index in [1.54, 1.807) is 12.1 Å². The monoisotopic (exact) mass is 370 g/mol. The molecule has 2 aromatic carbocycles. The van der Waals surface area contributed by atoms with E-state index in [1.165, 1.54) is 0 Å². The minimum Gasteiger partial charge on any atom is -0.508 e. The third-order valence-corrected chi connectivity index (χ3v) is 5.82. The number of benzene rings is 2. The van der Waals surface area contributed by atoms with Crippen LogP contribution in [0, 0.1) is 0 Å². The number of aromatic hydroxyl groups is 1. The van der Waals surface area contributed by atoms with Crippen molar-refractivity contribution in [1.82, 2.24) is 9.97 Å². The number of rotatable bonds is 2. The molecule has 2 aromatic heterocycles. The van der Waals surface area contributed by atoms with Gasteiger partial charge in [-0.2, -0.15) is 0 Å². The summed E-state index contributed by atoms with van der Waals surface area (Å²) in [6, 6.07) is 19.6. The lowest BCUT2D eigenvalue weighted by Crippen LogP contribution is -2.17. The highest BCUT2D eigenvalue weighted by molar-refractivity contribution is 6.03. The van der Waals surface area contributed by atoms with Crippen molar-refractivity contribution in [2.75, 3.05) is 0 Å². The quantitative estimate of drug-likeness (QED) is 0.478. The number of aliphatic hydroxyl groups is 1. The van der Waals surface area contributed by atoms with Crippen LogP contribution in [-0.4, -0.2) is 26.3 Å². The first-order valence-corrected chi connectivity index (χ1v) is 9.85. The summed E-state index contributed by atoms with van der Waals surface area (Å²) in [6.07, 6.45) is 3.51. The molecule has 0 aliphatic heterocycles. The second-order valence-electron chi connectivity index (χ2n) is 7.69. The molecule has 0 amide bonds. The van der Waals surface area contributed by atoms with Gasteiger partial charge in [-0.3, -0.25) is 4.98 Å². The molecule has 5 rings (SSSR count). The zero-order chi connectivity index (χ0) is 19.1. The zero-order valence-corrected chi connectivity index (χ0v) is 15.5. The number of pyridine rings is 2. The van der Waals surface area contributed by atoms with E-state index >= 15 is 0 Å². The van der Waals surface area contributed by atoms with Crippen LogP contribution in [0.2, 0.25) is 0 Å². The van der Waals surface area contributed by atoms with Gasteiger partial charge in [0.1, 0.15) is 5.75 Å². The average molecular weight is 370 g/mol. The number of nitrogens with zero attached hydrogens (tertiary/aromatic N) is 2. The Balaban J connectivity index is 1.63. The Hall–Kier alpha value is -2.98. The molecule has 0 spiro atoms. The largest absolute Gasteiger partial charge is 0.508 e. The van der Waals surface area contributed by atoms with E-state index in [9.17, 15) is 10.2 Å². The fraction of sp³-hybridized carbons (Fsp3) is 0.250. The number of aromatic nitrogens is 2. The van der Waals surface area contributed by atoms with Crippen LogP contribution in [-0.2, 0) is 0 Å². The molecule has 4 heteroatoms. The van der Waals surface area contributed by atoms with Gasteiger partial charge < -0.3 is 10.2 Å². The fourth-order valence-corrected chi connectivity index (χ4v) is 4.17. The first-order chi connectivity index (χ1) is 13.7. The molecule has 0 saturated heterocycles. The molecule has 1 aliphatic rings. The lowest BCUT2D eigenvalue weighted by molar-refractivity contribution is 0.122. The Morgan fingerprint density at radius 1 is 0.679 bits per heavy atom. The number of hydrogen-bond donors (Lipinski definition) is 2. The van der Waals surface area contributed by atoms with Gasteiger partial charge in [-0.15, -0.1) is 0 Å². The van der Waals surface area contributed by atoms with Crippen LogP contribution < -0.4 is 0 Å². The van der Waals surface area contributed by atoms with Crippen molar-refractivity contribution in [2.45, 2.75) is 37.7 Å². The highest BCUT2D eigenvalue weighted by Gasteiger charge is 2.22. The number of aliphatic hydroxyl groups excluding tert-OH is 1. The Bertz CT molecular complexity index is 1150. The minimum atomic E-state index is -0.160. The maximum absolute atomic E-state index is 9.80. The van der Waals surface area contributed by atoms with Gasteiger partial charge in [0.05, 0.1) is 22.8 Å². The van der Waals surface area contributed by atoms with Gasteiger partial charge in [-0.1, -0.05) is 24.3 Å². The van der Waals surface area contributed by atoms with Crippen LogP contribution in [0.4, 0.5) is 0 Å². The molecule has 0 radical (unpaired) electrons. The molecule has 0 unspecified atom stereocenters. The van der Waals surface area contributed by atoms with E-state index in [4.69, 9.17) is 9.97 Å². The predicted octanol–water partition coefficient (Wildman–Crippen LogP) is 5.17. The third-order valence-electron chi connectivity index (χ3n) is 5.82. The van der Waals surface area contributed by atoms with Gasteiger partial charge in [0.15, 0.2) is 0 Å². The molecule has 1 fully saturated rings. The number of fused-ring (bicyclic) bond motifs is 3. The van der Waals surface area contributed by atoms with E-state index in [0.717, 1.165) is 64.4 Å². The number of phenols is 1. The lowest BCUT2D eigenvalue weighted by atomic mass is 9.85. The Kier molecular flexibility index (Phi) is 4.21. The van der Waals surface area contributed by atoms with Gasteiger partial charge in [-0.05, 0) is 62.1 Å². The van der Waals surface area contributed by atoms with Crippen LogP contribution in [0.3, 0.4) is 0 Å². The predicted molar refractivity (Wildman–Crippen MR) is 111 cm³/mol. The van der Waals surface area contributed by atoms with E-state index < -0.39 is 0 Å². The van der Waals surface area contributed by atoms with Gasteiger partial charge in [-0.25, -0.2) is 4.98 Å². The molecule has 2 heterocycles. The van der Waals surface area contributed by atoms with E-state index in [-0.39, 0.29) is 11.9 Å². The van der Waals surface area contributed by atoms with Crippen LogP contribution in [0.1, 0.15) is 37.3 Å². The summed E-state index contributed by atoms with van der Waals surface area (Å²) < 4.78 is 0. The van der Waals surface area contributed by atoms with Gasteiger partial charge >= 0.3 is 0 Å². The molecule has 0 bridgehead atoms. The summed E-state index contributed by atoms with van der Waals surface area (Å²) in [4.78, 5) is 9.93. The Morgan fingerprint density at radius 2 is 1.29 bits per heavy atom. The summed E-state index contributed by atoms with van der Waals surface area (Å²) in [5, 5.41) is 21.5. The molecule has 1 saturated carbocycles. The van der Waals surface area contributed by atoms with Crippen LogP contribution in [0.15, 0.2) is 60.7 Å². The highest BCUT2D eigenvalue weighted by Crippen LogP contribution is 2.34. The van der Waals surface area contributed by atoms with Gasteiger partial charge in [0.2, 0.25) is 0 Å². The molecule has 4 nitrogen and oxygen atoms in total. The van der Waals surface area contributed by atoms with Crippen molar-refractivity contribution in [1.29, 1.82) is 0 Å². The third kappa shape index (κ3) is 3.10. The maximum atomic E-state index is 9.80. The van der Waals surface area contributed by atoms with Crippen molar-refractivity contribution < 1.29 is 10.2 Å². The molecule has 0 atom stereocenters. The molecule has 28 heavy (non-hydrogen) atoms. The van der Waals surface area contributed by atoms with Crippen molar-refractivity contribution in [3.63, 3.8) is 0 Å². The molecular formula is C24H22N2O2. The second kappa shape index (κ2) is 6.88. The summed E-state index contributed by atoms with van der Waals surface area (Å²) in [5.74, 6) is 0.655. The maximum Gasteiger partial charge on any atom is 0.115 e. The first kappa shape index (κ1) is 17.1. The summed E-state index contributed by atoms with van der Waals surface area (Å²) >= 11 is 0. The number of phenolic OH excluding ortho intramolecular Hbond substituents is 1. The van der Waals surface area contributed by atoms with E-state index in [2.05, 4.69) is 30.3 Å². The summed E-state index contributed by atoms with van der Waals surface area (Å²) in [5.41, 5.74) is 4.77. The molecular weight excluding hydrogens is 348 g/mol. The van der Waals surface area contributed by atoms with Crippen molar-refractivity contribution in [2.24, 2.45) is 0 Å². The standard InChI is InChI=1S/C24H22N2O2/c27-19-9-3-15(4-10-19)21-13-7-17-1-2-18-8-14-22(26-24(18)23(17)25-21)16-5-11-20(28)12-6-16/h1-4,7-10,13-14,16,20,27-28H,5-6,11-12H2. The number of hydrogen-bond acceptors (Lipinski definition) is 4. The first-order valence-electron chi connectivity index (χ1n) is 9.85. The van der Waals surface area contributed by atoms with E-state index in [1.807, 2.05) is 18.2 Å². The summed E-state index contributed by atoms with van der Waals surface area (Å²) in [7, 11) is 0. The Labute approximate surface area is 163 Å². The smallest absolute Gasteiger partial charge is 0.115 e.